The minimum Gasteiger partial charge on any atom is -0.394 e. The molecule has 5 nitrogen and oxygen atoms in total. The number of carbonyl (C=O) groups is 1. The molecule has 4 N–H and O–H groups in total. The highest BCUT2D eigenvalue weighted by molar-refractivity contribution is 5.76. The summed E-state index contributed by atoms with van der Waals surface area (Å²) in [5, 5.41) is 33.8. The average Bonchev–Trinajstić information content (AvgIpc) is 3.35. The number of unbranched alkanes of at least 4 members (excludes halogenated alkanes) is 47. The van der Waals surface area contributed by atoms with Crippen LogP contribution in [0.2, 0.25) is 0 Å². The van der Waals surface area contributed by atoms with E-state index in [9.17, 15) is 20.1 Å². The summed E-state index contributed by atoms with van der Waals surface area (Å²) in [4.78, 5) is 12.5. The molecule has 0 saturated carbocycles. The van der Waals surface area contributed by atoms with Gasteiger partial charge in [-0.2, -0.15) is 0 Å². The van der Waals surface area contributed by atoms with E-state index >= 15 is 0 Å². The number of allylic oxidation sites excluding steroid dienone is 4. The van der Waals surface area contributed by atoms with Crippen LogP contribution in [0.15, 0.2) is 24.3 Å². The Labute approximate surface area is 432 Å². The van der Waals surface area contributed by atoms with E-state index < -0.39 is 18.2 Å². The van der Waals surface area contributed by atoms with E-state index in [-0.39, 0.29) is 12.5 Å². The summed E-state index contributed by atoms with van der Waals surface area (Å²) in [6, 6.07) is -0.825. The zero-order chi connectivity index (χ0) is 50.0. The fraction of sp³-hybridized carbons (Fsp3) is 0.922. The van der Waals surface area contributed by atoms with Gasteiger partial charge >= 0.3 is 0 Å². The molecule has 0 aliphatic carbocycles. The van der Waals surface area contributed by atoms with Crippen molar-refractivity contribution in [2.45, 2.75) is 372 Å². The number of aliphatic hydroxyl groups is 3. The van der Waals surface area contributed by atoms with Crippen LogP contribution < -0.4 is 5.32 Å². The third kappa shape index (κ3) is 54.4. The van der Waals surface area contributed by atoms with E-state index in [1.165, 1.54) is 289 Å². The van der Waals surface area contributed by atoms with Crippen molar-refractivity contribution in [2.75, 3.05) is 6.61 Å². The first-order valence-electron chi connectivity index (χ1n) is 31.6. The minimum atomic E-state index is -1.16. The first-order chi connectivity index (χ1) is 34.1. The molecule has 0 heterocycles. The lowest BCUT2D eigenvalue weighted by molar-refractivity contribution is -0.124. The lowest BCUT2D eigenvalue weighted by Crippen LogP contribution is -2.50. The molecule has 0 radical (unpaired) electrons. The molecule has 0 spiro atoms. The zero-order valence-electron chi connectivity index (χ0n) is 47.0. The summed E-state index contributed by atoms with van der Waals surface area (Å²) < 4.78 is 0. The van der Waals surface area contributed by atoms with E-state index in [0.29, 0.717) is 12.8 Å². The molecule has 69 heavy (non-hydrogen) atoms. The highest BCUT2D eigenvalue weighted by Crippen LogP contribution is 2.18. The molecule has 3 atom stereocenters. The molecule has 3 unspecified atom stereocenters. The van der Waals surface area contributed by atoms with E-state index in [0.717, 1.165) is 38.5 Å². The van der Waals surface area contributed by atoms with Gasteiger partial charge in [-0.05, 0) is 64.2 Å². The van der Waals surface area contributed by atoms with Crippen molar-refractivity contribution < 1.29 is 20.1 Å². The Morgan fingerprint density at radius 3 is 0.841 bits per heavy atom. The highest BCUT2D eigenvalue weighted by atomic mass is 16.3. The molecule has 5 heteroatoms. The van der Waals surface area contributed by atoms with Crippen molar-refractivity contribution in [1.82, 2.24) is 5.32 Å². The third-order valence-corrected chi connectivity index (χ3v) is 15.0. The quantitative estimate of drug-likeness (QED) is 0.0361. The van der Waals surface area contributed by atoms with Gasteiger partial charge in [0.25, 0.3) is 0 Å². The fourth-order valence-corrected chi connectivity index (χ4v) is 10.2. The molecule has 0 aromatic rings. The number of amides is 1. The summed E-state index contributed by atoms with van der Waals surface area (Å²) in [5.74, 6) is -0.147. The van der Waals surface area contributed by atoms with Gasteiger partial charge in [-0.25, -0.2) is 0 Å². The number of nitrogens with one attached hydrogen (secondary N) is 1. The number of carbonyl (C=O) groups excluding carboxylic acids is 1. The Bertz CT molecular complexity index is 1030. The van der Waals surface area contributed by atoms with Crippen LogP contribution in [0.25, 0.3) is 0 Å². The van der Waals surface area contributed by atoms with Gasteiger partial charge in [0.05, 0.1) is 18.8 Å². The predicted octanol–water partition coefficient (Wildman–Crippen LogP) is 20.0. The lowest BCUT2D eigenvalue weighted by Gasteiger charge is -2.26. The Kier molecular flexibility index (Phi) is 58.4. The molecule has 1 amide bonds. The smallest absolute Gasteiger partial charge is 0.220 e. The minimum absolute atomic E-state index is 0.147. The van der Waals surface area contributed by atoms with Gasteiger partial charge in [0.1, 0.15) is 6.10 Å². The molecular formula is C64H125NO4. The van der Waals surface area contributed by atoms with Gasteiger partial charge < -0.3 is 20.6 Å². The summed E-state index contributed by atoms with van der Waals surface area (Å²) >= 11 is 0. The maximum Gasteiger partial charge on any atom is 0.220 e. The van der Waals surface area contributed by atoms with Crippen LogP contribution in [-0.2, 0) is 4.79 Å². The Morgan fingerprint density at radius 2 is 0.580 bits per heavy atom. The molecule has 0 aromatic carbocycles. The Balaban J connectivity index is 3.48. The van der Waals surface area contributed by atoms with Crippen LogP contribution in [0.5, 0.6) is 0 Å². The van der Waals surface area contributed by atoms with E-state index in [1.54, 1.807) is 0 Å². The summed E-state index contributed by atoms with van der Waals surface area (Å²) in [6.45, 7) is 4.21. The fourth-order valence-electron chi connectivity index (χ4n) is 10.2. The second-order valence-corrected chi connectivity index (χ2v) is 22.0. The third-order valence-electron chi connectivity index (χ3n) is 15.0. The van der Waals surface area contributed by atoms with E-state index in [2.05, 4.69) is 43.5 Å². The van der Waals surface area contributed by atoms with Crippen LogP contribution in [0.3, 0.4) is 0 Å². The summed E-state index contributed by atoms with van der Waals surface area (Å²) in [7, 11) is 0. The second kappa shape index (κ2) is 59.4. The summed E-state index contributed by atoms with van der Waals surface area (Å²) in [5.41, 5.74) is 0. The highest BCUT2D eigenvalue weighted by Gasteiger charge is 2.26. The van der Waals surface area contributed by atoms with Crippen molar-refractivity contribution in [1.29, 1.82) is 0 Å². The molecular weight excluding hydrogens is 847 g/mol. The van der Waals surface area contributed by atoms with Gasteiger partial charge in [0, 0.05) is 6.42 Å². The van der Waals surface area contributed by atoms with Crippen molar-refractivity contribution in [3.8, 4) is 0 Å². The van der Waals surface area contributed by atoms with Gasteiger partial charge in [-0.1, -0.05) is 308 Å². The molecule has 0 aromatic heterocycles. The van der Waals surface area contributed by atoms with Gasteiger partial charge in [0.2, 0.25) is 5.91 Å². The van der Waals surface area contributed by atoms with Crippen molar-refractivity contribution in [2.24, 2.45) is 0 Å². The standard InChI is InChI=1S/C64H125NO4/c1-3-5-7-9-11-13-15-17-19-21-23-25-26-27-28-29-30-31-32-33-34-35-36-37-38-39-41-43-45-47-49-51-53-55-57-59-63(68)65-61(60-66)64(69)62(67)58-56-54-52-50-48-46-44-42-40-24-22-20-18-16-14-12-10-8-6-4-2/h29-30,50,52,61-62,64,66-67,69H,3-28,31-49,51,53-60H2,1-2H3,(H,65,68)/b30-29-,52-50+. The number of hydrogen-bond donors (Lipinski definition) is 4. The van der Waals surface area contributed by atoms with Crippen LogP contribution >= 0.6 is 0 Å². The summed E-state index contributed by atoms with van der Waals surface area (Å²) in [6.07, 6.45) is 76.6. The van der Waals surface area contributed by atoms with Gasteiger partial charge in [0.15, 0.2) is 0 Å². The number of hydrogen-bond acceptors (Lipinski definition) is 4. The molecule has 0 saturated heterocycles. The van der Waals surface area contributed by atoms with Crippen LogP contribution in [0.4, 0.5) is 0 Å². The van der Waals surface area contributed by atoms with Crippen molar-refractivity contribution in [3.63, 3.8) is 0 Å². The Hall–Kier alpha value is -1.17. The molecule has 410 valence electrons. The first-order valence-corrected chi connectivity index (χ1v) is 31.6. The molecule has 0 fully saturated rings. The van der Waals surface area contributed by atoms with Crippen LogP contribution in [0.1, 0.15) is 354 Å². The maximum absolute atomic E-state index is 12.5. The van der Waals surface area contributed by atoms with Crippen LogP contribution in [0, 0.1) is 0 Å². The Morgan fingerprint density at radius 1 is 0.348 bits per heavy atom. The largest absolute Gasteiger partial charge is 0.394 e. The molecule has 0 rings (SSSR count). The molecule has 0 bridgehead atoms. The van der Waals surface area contributed by atoms with Crippen LogP contribution in [-0.4, -0.2) is 46.1 Å². The SMILES string of the molecule is CCCCCCCCCCCCCCCC/C=C\CCCCCCCCCCCCCCCCCCCC(=O)NC(CO)C(O)C(O)CCC/C=C/CCCCCCCCCCCCCCCCC. The number of aliphatic hydroxyl groups excluding tert-OH is 3. The monoisotopic (exact) mass is 972 g/mol. The maximum atomic E-state index is 12.5. The first kappa shape index (κ1) is 67.8. The second-order valence-electron chi connectivity index (χ2n) is 22.0. The average molecular weight is 973 g/mol. The van der Waals surface area contributed by atoms with E-state index in [1.807, 2.05) is 0 Å². The van der Waals surface area contributed by atoms with E-state index in [4.69, 9.17) is 0 Å². The number of rotatable bonds is 59. The van der Waals surface area contributed by atoms with Crippen molar-refractivity contribution in [3.05, 3.63) is 24.3 Å². The zero-order valence-corrected chi connectivity index (χ0v) is 47.0. The van der Waals surface area contributed by atoms with Gasteiger partial charge in [-0.15, -0.1) is 0 Å². The lowest BCUT2D eigenvalue weighted by atomic mass is 10.0. The normalized spacial score (nSPS) is 13.3. The molecule has 0 aliphatic rings. The molecule has 0 aliphatic heterocycles. The van der Waals surface area contributed by atoms with Gasteiger partial charge in [-0.3, -0.25) is 4.79 Å². The predicted molar refractivity (Wildman–Crippen MR) is 305 cm³/mol. The van der Waals surface area contributed by atoms with Crippen molar-refractivity contribution >= 4 is 5.91 Å². The topological polar surface area (TPSA) is 89.8 Å².